The Balaban J connectivity index is 1.55. The van der Waals surface area contributed by atoms with Crippen LogP contribution in [0, 0.1) is 5.92 Å². The van der Waals surface area contributed by atoms with Crippen molar-refractivity contribution in [2.75, 3.05) is 13.1 Å². The number of rotatable bonds is 3. The number of urea groups is 1. The molecule has 1 aromatic heterocycles. The van der Waals surface area contributed by atoms with Crippen LogP contribution in [0.1, 0.15) is 18.4 Å². The van der Waals surface area contributed by atoms with E-state index >= 15 is 0 Å². The second kappa shape index (κ2) is 7.06. The molecule has 2 heterocycles. The van der Waals surface area contributed by atoms with Crippen LogP contribution in [-0.4, -0.2) is 45.4 Å². The van der Waals surface area contributed by atoms with Gasteiger partial charge in [0.1, 0.15) is 10.0 Å². The molecule has 0 spiro atoms. The van der Waals surface area contributed by atoms with E-state index in [0.29, 0.717) is 19.6 Å². The van der Waals surface area contributed by atoms with Gasteiger partial charge in [-0.05, 0) is 12.3 Å². The minimum absolute atomic E-state index is 0.160. The molecule has 1 aliphatic rings. The Labute approximate surface area is 139 Å². The molecule has 3 rings (SSSR count). The van der Waals surface area contributed by atoms with Crippen molar-refractivity contribution in [3.8, 4) is 10.6 Å². The Kier molecular flexibility index (Phi) is 4.88. The molecule has 1 fully saturated rings. The molecule has 6 nitrogen and oxygen atoms in total. The second-order valence-corrected chi connectivity index (χ2v) is 6.87. The van der Waals surface area contributed by atoms with Crippen LogP contribution in [0.5, 0.6) is 0 Å². The predicted octanol–water partition coefficient (Wildman–Crippen LogP) is 2.12. The molecule has 2 N–H and O–H groups in total. The van der Waals surface area contributed by atoms with Crippen molar-refractivity contribution in [1.82, 2.24) is 20.4 Å². The molecule has 1 aromatic carbocycles. The van der Waals surface area contributed by atoms with Gasteiger partial charge in [0.05, 0.1) is 12.6 Å². The predicted molar refractivity (Wildman–Crippen MR) is 88.9 cm³/mol. The molecule has 0 bridgehead atoms. The van der Waals surface area contributed by atoms with Crippen LogP contribution in [-0.2, 0) is 6.54 Å². The molecule has 1 saturated heterocycles. The molecule has 2 unspecified atom stereocenters. The highest BCUT2D eigenvalue weighted by atomic mass is 32.1. The molecule has 2 amide bonds. The van der Waals surface area contributed by atoms with E-state index in [1.165, 1.54) is 11.3 Å². The summed E-state index contributed by atoms with van der Waals surface area (Å²) in [4.78, 5) is 13.8. The van der Waals surface area contributed by atoms with Crippen molar-refractivity contribution >= 4 is 17.4 Å². The minimum atomic E-state index is -0.444. The lowest BCUT2D eigenvalue weighted by atomic mass is 9.96. The molecule has 122 valence electrons. The molecule has 2 aromatic rings. The first-order chi connectivity index (χ1) is 11.1. The number of carbonyl (C=O) groups is 1. The van der Waals surface area contributed by atoms with E-state index in [9.17, 15) is 9.90 Å². The molecule has 1 aliphatic heterocycles. The van der Waals surface area contributed by atoms with Crippen molar-refractivity contribution in [3.63, 3.8) is 0 Å². The molecular weight excluding hydrogens is 312 g/mol. The highest BCUT2D eigenvalue weighted by Gasteiger charge is 2.27. The highest BCUT2D eigenvalue weighted by Crippen LogP contribution is 2.23. The van der Waals surface area contributed by atoms with E-state index in [0.717, 1.165) is 22.0 Å². The standard InChI is InChI=1S/C16H20N4O2S/c1-11-7-8-20(10-13(11)21)16(22)17-9-14-18-19-15(23-14)12-5-3-2-4-6-12/h2-6,11,13,21H,7-10H2,1H3,(H,17,22). The lowest BCUT2D eigenvalue weighted by Gasteiger charge is -2.34. The smallest absolute Gasteiger partial charge is 0.317 e. The average molecular weight is 332 g/mol. The Bertz CT molecular complexity index is 661. The lowest BCUT2D eigenvalue weighted by Crippen LogP contribution is -2.49. The molecule has 7 heteroatoms. The zero-order valence-electron chi connectivity index (χ0n) is 13.0. The topological polar surface area (TPSA) is 78.4 Å². The van der Waals surface area contributed by atoms with E-state index in [2.05, 4.69) is 15.5 Å². The van der Waals surface area contributed by atoms with E-state index < -0.39 is 6.10 Å². The van der Waals surface area contributed by atoms with E-state index in [1.807, 2.05) is 37.3 Å². The van der Waals surface area contributed by atoms with Gasteiger partial charge in [-0.1, -0.05) is 48.6 Å². The second-order valence-electron chi connectivity index (χ2n) is 5.81. The van der Waals surface area contributed by atoms with Crippen molar-refractivity contribution in [2.24, 2.45) is 5.92 Å². The fraction of sp³-hybridized carbons (Fsp3) is 0.438. The summed E-state index contributed by atoms with van der Waals surface area (Å²) in [5, 5.41) is 22.6. The van der Waals surface area contributed by atoms with E-state index in [-0.39, 0.29) is 11.9 Å². The van der Waals surface area contributed by atoms with Gasteiger partial charge in [-0.3, -0.25) is 0 Å². The number of piperidine rings is 1. The third-order valence-corrected chi connectivity index (χ3v) is 5.06. The monoisotopic (exact) mass is 332 g/mol. The van der Waals surface area contributed by atoms with Crippen LogP contribution < -0.4 is 5.32 Å². The fourth-order valence-corrected chi connectivity index (χ4v) is 3.30. The maximum absolute atomic E-state index is 12.2. The number of aliphatic hydroxyl groups is 1. The largest absolute Gasteiger partial charge is 0.391 e. The zero-order valence-corrected chi connectivity index (χ0v) is 13.8. The number of amides is 2. The highest BCUT2D eigenvalue weighted by molar-refractivity contribution is 7.14. The number of likely N-dealkylation sites (tertiary alicyclic amines) is 1. The normalized spacial score (nSPS) is 21.2. The van der Waals surface area contributed by atoms with Gasteiger partial charge >= 0.3 is 6.03 Å². The van der Waals surface area contributed by atoms with Gasteiger partial charge in [0.2, 0.25) is 0 Å². The van der Waals surface area contributed by atoms with Gasteiger partial charge in [-0.15, -0.1) is 10.2 Å². The van der Waals surface area contributed by atoms with Gasteiger partial charge in [-0.2, -0.15) is 0 Å². The average Bonchev–Trinajstić information content (AvgIpc) is 3.05. The number of hydrogen-bond donors (Lipinski definition) is 2. The number of aliphatic hydroxyl groups excluding tert-OH is 1. The lowest BCUT2D eigenvalue weighted by molar-refractivity contribution is 0.0435. The van der Waals surface area contributed by atoms with Crippen LogP contribution in [0.25, 0.3) is 10.6 Å². The molecule has 0 saturated carbocycles. The molecule has 0 radical (unpaired) electrons. The van der Waals surface area contributed by atoms with Crippen LogP contribution >= 0.6 is 11.3 Å². The van der Waals surface area contributed by atoms with Crippen LogP contribution in [0.15, 0.2) is 30.3 Å². The first kappa shape index (κ1) is 15.9. The summed E-state index contributed by atoms with van der Waals surface area (Å²) < 4.78 is 0. The summed E-state index contributed by atoms with van der Waals surface area (Å²) in [6, 6.07) is 9.69. The SMILES string of the molecule is CC1CCN(C(=O)NCc2nnc(-c3ccccc3)s2)CC1O. The fourth-order valence-electron chi connectivity index (χ4n) is 2.52. The maximum Gasteiger partial charge on any atom is 0.317 e. The number of nitrogens with one attached hydrogen (secondary N) is 1. The number of benzene rings is 1. The molecule has 2 atom stereocenters. The van der Waals surface area contributed by atoms with Gasteiger partial charge in [0, 0.05) is 18.7 Å². The first-order valence-electron chi connectivity index (χ1n) is 7.72. The van der Waals surface area contributed by atoms with Crippen molar-refractivity contribution in [3.05, 3.63) is 35.3 Å². The Hall–Kier alpha value is -1.99. The number of β-amino-alcohol motifs (C(OH)–C–C–N with tert-alkyl or cyclic N) is 1. The van der Waals surface area contributed by atoms with Gasteiger partial charge < -0.3 is 15.3 Å². The molecule has 23 heavy (non-hydrogen) atoms. The quantitative estimate of drug-likeness (QED) is 0.902. The van der Waals surface area contributed by atoms with Gasteiger partial charge in [-0.25, -0.2) is 4.79 Å². The van der Waals surface area contributed by atoms with Crippen molar-refractivity contribution in [1.29, 1.82) is 0 Å². The third-order valence-electron chi connectivity index (χ3n) is 4.08. The summed E-state index contributed by atoms with van der Waals surface area (Å²) in [7, 11) is 0. The van der Waals surface area contributed by atoms with E-state index in [4.69, 9.17) is 0 Å². The molecule has 0 aliphatic carbocycles. The Morgan fingerprint density at radius 3 is 2.91 bits per heavy atom. The maximum atomic E-state index is 12.2. The van der Waals surface area contributed by atoms with Crippen LogP contribution in [0.4, 0.5) is 4.79 Å². The summed E-state index contributed by atoms with van der Waals surface area (Å²) in [6.45, 7) is 3.42. The van der Waals surface area contributed by atoms with Crippen LogP contribution in [0.3, 0.4) is 0 Å². The van der Waals surface area contributed by atoms with Crippen molar-refractivity contribution in [2.45, 2.75) is 26.0 Å². The first-order valence-corrected chi connectivity index (χ1v) is 8.54. The summed E-state index contributed by atoms with van der Waals surface area (Å²) in [5.41, 5.74) is 1.02. The number of carbonyl (C=O) groups excluding carboxylic acids is 1. The number of hydrogen-bond acceptors (Lipinski definition) is 5. The minimum Gasteiger partial charge on any atom is -0.391 e. The number of aromatic nitrogens is 2. The Morgan fingerprint density at radius 1 is 1.39 bits per heavy atom. The van der Waals surface area contributed by atoms with Gasteiger partial charge in [0.25, 0.3) is 0 Å². The van der Waals surface area contributed by atoms with Crippen LogP contribution in [0.2, 0.25) is 0 Å². The van der Waals surface area contributed by atoms with Gasteiger partial charge in [0.15, 0.2) is 0 Å². The summed E-state index contributed by atoms with van der Waals surface area (Å²) in [6.07, 6.45) is 0.381. The Morgan fingerprint density at radius 2 is 2.17 bits per heavy atom. The van der Waals surface area contributed by atoms with Crippen molar-refractivity contribution < 1.29 is 9.90 Å². The zero-order chi connectivity index (χ0) is 16.2. The number of nitrogens with zero attached hydrogens (tertiary/aromatic N) is 3. The van der Waals surface area contributed by atoms with E-state index in [1.54, 1.807) is 4.90 Å². The summed E-state index contributed by atoms with van der Waals surface area (Å²) >= 11 is 1.47. The summed E-state index contributed by atoms with van der Waals surface area (Å²) in [5.74, 6) is 0.246. The molecular formula is C16H20N4O2S. The third kappa shape index (κ3) is 3.86.